The lowest BCUT2D eigenvalue weighted by atomic mass is 10.2. The second-order valence-corrected chi connectivity index (χ2v) is 8.69. The van der Waals surface area contributed by atoms with E-state index >= 15 is 0 Å². The maximum atomic E-state index is 13.0. The lowest BCUT2D eigenvalue weighted by Gasteiger charge is -2.29. The van der Waals surface area contributed by atoms with Gasteiger partial charge in [-0.15, -0.1) is 11.8 Å². The molecule has 1 saturated carbocycles. The van der Waals surface area contributed by atoms with E-state index in [2.05, 4.69) is 27.1 Å². The largest absolute Gasteiger partial charge is 0.337 e. The van der Waals surface area contributed by atoms with Gasteiger partial charge in [0, 0.05) is 42.5 Å². The molecule has 30 heavy (non-hydrogen) atoms. The van der Waals surface area contributed by atoms with Crippen molar-refractivity contribution in [2.24, 2.45) is 0 Å². The van der Waals surface area contributed by atoms with Crippen molar-refractivity contribution in [3.63, 3.8) is 0 Å². The maximum Gasteiger partial charge on any atom is 0.232 e. The fraction of sp³-hybridized carbons (Fsp3) is 0.375. The van der Waals surface area contributed by atoms with E-state index in [1.165, 1.54) is 18.4 Å². The summed E-state index contributed by atoms with van der Waals surface area (Å²) in [6.07, 6.45) is 10.2. The van der Waals surface area contributed by atoms with Gasteiger partial charge in [-0.2, -0.15) is 5.10 Å². The van der Waals surface area contributed by atoms with Crippen molar-refractivity contribution in [3.05, 3.63) is 72.7 Å². The first-order valence-electron chi connectivity index (χ1n) is 10.6. The molecule has 156 valence electrons. The molecule has 1 aliphatic rings. The third-order valence-corrected chi connectivity index (χ3v) is 6.60. The average molecular weight is 421 g/mol. The number of thioether (sulfide) groups is 1. The first kappa shape index (κ1) is 20.7. The predicted octanol–water partition coefficient (Wildman–Crippen LogP) is 4.65. The number of hydrogen-bond acceptors (Lipinski definition) is 4. The van der Waals surface area contributed by atoms with Gasteiger partial charge in [-0.05, 0) is 36.6 Å². The number of rotatable bonds is 9. The van der Waals surface area contributed by atoms with Crippen molar-refractivity contribution in [2.45, 2.75) is 44.0 Å². The van der Waals surface area contributed by atoms with Gasteiger partial charge >= 0.3 is 0 Å². The minimum Gasteiger partial charge on any atom is -0.337 e. The van der Waals surface area contributed by atoms with Crippen LogP contribution in [-0.4, -0.2) is 43.9 Å². The SMILES string of the molecule is O=C(CSCc1ccccc1)N(CCn1ccc(-c2ccncc2)n1)C1CCCC1. The molecule has 0 saturated heterocycles. The van der Waals surface area contributed by atoms with Crippen LogP contribution in [0.2, 0.25) is 0 Å². The summed E-state index contributed by atoms with van der Waals surface area (Å²) in [5.74, 6) is 1.66. The molecule has 0 aliphatic heterocycles. The molecule has 5 nitrogen and oxygen atoms in total. The number of pyridine rings is 1. The summed E-state index contributed by atoms with van der Waals surface area (Å²) in [5.41, 5.74) is 3.27. The van der Waals surface area contributed by atoms with Crippen LogP contribution in [0.5, 0.6) is 0 Å². The Morgan fingerprint density at radius 1 is 1.07 bits per heavy atom. The van der Waals surface area contributed by atoms with E-state index in [1.807, 2.05) is 47.3 Å². The molecular formula is C24H28N4OS. The van der Waals surface area contributed by atoms with Gasteiger partial charge in [0.25, 0.3) is 0 Å². The van der Waals surface area contributed by atoms with Gasteiger partial charge in [0.05, 0.1) is 18.0 Å². The molecule has 2 aromatic heterocycles. The average Bonchev–Trinajstić information content (AvgIpc) is 3.48. The molecule has 0 spiro atoms. The van der Waals surface area contributed by atoms with E-state index in [0.29, 0.717) is 18.3 Å². The van der Waals surface area contributed by atoms with Crippen molar-refractivity contribution >= 4 is 17.7 Å². The highest BCUT2D eigenvalue weighted by molar-refractivity contribution is 7.99. The van der Waals surface area contributed by atoms with E-state index in [4.69, 9.17) is 0 Å². The zero-order chi connectivity index (χ0) is 20.6. The minimum absolute atomic E-state index is 0.254. The summed E-state index contributed by atoms with van der Waals surface area (Å²) in [6, 6.07) is 16.7. The highest BCUT2D eigenvalue weighted by atomic mass is 32.2. The number of hydrogen-bond donors (Lipinski definition) is 0. The van der Waals surface area contributed by atoms with Crippen LogP contribution in [0.3, 0.4) is 0 Å². The number of nitrogens with zero attached hydrogens (tertiary/aromatic N) is 4. The van der Waals surface area contributed by atoms with Gasteiger partial charge in [0.15, 0.2) is 0 Å². The van der Waals surface area contributed by atoms with E-state index in [1.54, 1.807) is 24.2 Å². The van der Waals surface area contributed by atoms with Gasteiger partial charge in [-0.25, -0.2) is 0 Å². The molecule has 0 bridgehead atoms. The van der Waals surface area contributed by atoms with Crippen molar-refractivity contribution in [3.8, 4) is 11.3 Å². The smallest absolute Gasteiger partial charge is 0.232 e. The number of carbonyl (C=O) groups is 1. The van der Waals surface area contributed by atoms with E-state index < -0.39 is 0 Å². The molecule has 1 aromatic carbocycles. The summed E-state index contributed by atoms with van der Waals surface area (Å²) in [7, 11) is 0. The number of carbonyl (C=O) groups excluding carboxylic acids is 1. The zero-order valence-electron chi connectivity index (χ0n) is 17.2. The second kappa shape index (κ2) is 10.4. The molecule has 1 fully saturated rings. The molecule has 0 unspecified atom stereocenters. The Bertz CT molecular complexity index is 923. The third kappa shape index (κ3) is 5.51. The number of amides is 1. The summed E-state index contributed by atoms with van der Waals surface area (Å²) < 4.78 is 1.95. The lowest BCUT2D eigenvalue weighted by molar-refractivity contribution is -0.130. The van der Waals surface area contributed by atoms with Crippen LogP contribution in [0, 0.1) is 0 Å². The Kier molecular flexibility index (Phi) is 7.19. The van der Waals surface area contributed by atoms with Gasteiger partial charge in [-0.1, -0.05) is 43.2 Å². The van der Waals surface area contributed by atoms with Crippen molar-refractivity contribution < 1.29 is 4.79 Å². The predicted molar refractivity (Wildman–Crippen MR) is 122 cm³/mol. The monoisotopic (exact) mass is 420 g/mol. The van der Waals surface area contributed by atoms with Crippen LogP contribution in [0.4, 0.5) is 0 Å². The van der Waals surface area contributed by atoms with Crippen LogP contribution < -0.4 is 0 Å². The van der Waals surface area contributed by atoms with E-state index in [-0.39, 0.29) is 5.91 Å². The Labute approximate surface area is 182 Å². The fourth-order valence-electron chi connectivity index (χ4n) is 4.01. The number of benzene rings is 1. The highest BCUT2D eigenvalue weighted by Crippen LogP contribution is 2.25. The Morgan fingerprint density at radius 3 is 2.60 bits per heavy atom. The summed E-state index contributed by atoms with van der Waals surface area (Å²) in [6.45, 7) is 1.43. The maximum absolute atomic E-state index is 13.0. The van der Waals surface area contributed by atoms with Crippen LogP contribution in [0.15, 0.2) is 67.1 Å². The molecule has 0 atom stereocenters. The third-order valence-electron chi connectivity index (χ3n) is 5.61. The van der Waals surface area contributed by atoms with Gasteiger partial charge in [-0.3, -0.25) is 14.5 Å². The molecule has 1 aliphatic carbocycles. The molecule has 1 amide bonds. The molecule has 0 N–H and O–H groups in total. The van der Waals surface area contributed by atoms with Crippen molar-refractivity contribution in [1.29, 1.82) is 0 Å². The van der Waals surface area contributed by atoms with Crippen LogP contribution in [0.25, 0.3) is 11.3 Å². The Morgan fingerprint density at radius 2 is 1.83 bits per heavy atom. The second-order valence-electron chi connectivity index (χ2n) is 7.70. The first-order valence-corrected chi connectivity index (χ1v) is 11.8. The summed E-state index contributed by atoms with van der Waals surface area (Å²) >= 11 is 1.71. The van der Waals surface area contributed by atoms with Crippen LogP contribution >= 0.6 is 11.8 Å². The van der Waals surface area contributed by atoms with Crippen LogP contribution in [0.1, 0.15) is 31.2 Å². The van der Waals surface area contributed by atoms with Crippen LogP contribution in [-0.2, 0) is 17.1 Å². The number of aromatic nitrogens is 3. The Balaban J connectivity index is 1.34. The normalized spacial score (nSPS) is 14.1. The summed E-state index contributed by atoms with van der Waals surface area (Å²) in [4.78, 5) is 19.2. The van der Waals surface area contributed by atoms with Gasteiger partial charge in [0.1, 0.15) is 0 Å². The molecule has 0 radical (unpaired) electrons. The lowest BCUT2D eigenvalue weighted by Crippen LogP contribution is -2.42. The summed E-state index contributed by atoms with van der Waals surface area (Å²) in [5, 5.41) is 4.69. The molecule has 2 heterocycles. The topological polar surface area (TPSA) is 51.0 Å². The van der Waals surface area contributed by atoms with Crippen molar-refractivity contribution in [1.82, 2.24) is 19.7 Å². The fourth-order valence-corrected chi connectivity index (χ4v) is 4.88. The first-order chi connectivity index (χ1) is 14.8. The van der Waals surface area contributed by atoms with Crippen molar-refractivity contribution in [2.75, 3.05) is 12.3 Å². The molecule has 6 heteroatoms. The van der Waals surface area contributed by atoms with E-state index in [9.17, 15) is 4.79 Å². The Hall–Kier alpha value is -2.60. The molecular weight excluding hydrogens is 392 g/mol. The molecule has 3 aromatic rings. The molecule has 4 rings (SSSR count). The van der Waals surface area contributed by atoms with E-state index in [0.717, 1.165) is 36.4 Å². The highest BCUT2D eigenvalue weighted by Gasteiger charge is 2.26. The minimum atomic E-state index is 0.254. The zero-order valence-corrected chi connectivity index (χ0v) is 18.0. The van der Waals surface area contributed by atoms with Gasteiger partial charge < -0.3 is 4.90 Å². The quantitative estimate of drug-likeness (QED) is 0.506. The van der Waals surface area contributed by atoms with Gasteiger partial charge in [0.2, 0.25) is 5.91 Å². The standard InChI is InChI=1S/C24H28N4OS/c29-24(19-30-18-20-6-2-1-3-7-20)28(22-8-4-5-9-22)17-16-27-15-12-23(26-27)21-10-13-25-14-11-21/h1-3,6-7,10-15,22H,4-5,8-9,16-19H2.